The summed E-state index contributed by atoms with van der Waals surface area (Å²) < 4.78 is 10.3. The highest BCUT2D eigenvalue weighted by atomic mass is 35.5. The van der Waals surface area contributed by atoms with Gasteiger partial charge in [0.1, 0.15) is 23.1 Å². The van der Waals surface area contributed by atoms with Gasteiger partial charge in [0.05, 0.1) is 7.11 Å². The van der Waals surface area contributed by atoms with Crippen molar-refractivity contribution in [3.8, 4) is 17.6 Å². The SMILES string of the molecule is COc1ccccc1/C=C(\C#N)C(=O)Oc1cccc(Cl)c1. The van der Waals surface area contributed by atoms with Crippen LogP contribution in [0.3, 0.4) is 0 Å². The molecule has 0 spiro atoms. The van der Waals surface area contributed by atoms with Gasteiger partial charge in [-0.15, -0.1) is 0 Å². The zero-order chi connectivity index (χ0) is 15.9. The molecule has 0 aliphatic carbocycles. The van der Waals surface area contributed by atoms with Crippen LogP contribution in [0.4, 0.5) is 0 Å². The molecule has 0 aliphatic heterocycles. The van der Waals surface area contributed by atoms with Crippen LogP contribution in [0.1, 0.15) is 5.56 Å². The number of benzene rings is 2. The minimum Gasteiger partial charge on any atom is -0.496 e. The Bertz CT molecular complexity index is 762. The molecular weight excluding hydrogens is 302 g/mol. The number of carbonyl (C=O) groups is 1. The zero-order valence-corrected chi connectivity index (χ0v) is 12.5. The lowest BCUT2D eigenvalue weighted by Crippen LogP contribution is -2.10. The normalized spacial score (nSPS) is 10.7. The van der Waals surface area contributed by atoms with E-state index < -0.39 is 5.97 Å². The molecule has 0 radical (unpaired) electrons. The Morgan fingerprint density at radius 3 is 2.68 bits per heavy atom. The van der Waals surface area contributed by atoms with E-state index in [9.17, 15) is 4.79 Å². The number of para-hydroxylation sites is 1. The van der Waals surface area contributed by atoms with Gasteiger partial charge in [-0.1, -0.05) is 35.9 Å². The van der Waals surface area contributed by atoms with Crippen LogP contribution >= 0.6 is 11.6 Å². The van der Waals surface area contributed by atoms with E-state index in [-0.39, 0.29) is 11.3 Å². The molecule has 0 fully saturated rings. The van der Waals surface area contributed by atoms with Crippen LogP contribution in [-0.2, 0) is 4.79 Å². The first-order valence-corrected chi connectivity index (χ1v) is 6.74. The number of nitriles is 1. The molecule has 0 heterocycles. The molecule has 2 rings (SSSR count). The van der Waals surface area contributed by atoms with E-state index in [2.05, 4.69) is 0 Å². The second-order valence-corrected chi connectivity index (χ2v) is 4.70. The maximum Gasteiger partial charge on any atom is 0.354 e. The van der Waals surface area contributed by atoms with E-state index >= 15 is 0 Å². The van der Waals surface area contributed by atoms with Crippen LogP contribution in [0.2, 0.25) is 5.02 Å². The summed E-state index contributed by atoms with van der Waals surface area (Å²) in [7, 11) is 1.52. The Morgan fingerprint density at radius 2 is 2.00 bits per heavy atom. The number of methoxy groups -OCH3 is 1. The van der Waals surface area contributed by atoms with E-state index in [1.807, 2.05) is 6.07 Å². The molecule has 0 N–H and O–H groups in total. The summed E-state index contributed by atoms with van der Waals surface area (Å²) in [6.45, 7) is 0. The summed E-state index contributed by atoms with van der Waals surface area (Å²) in [4.78, 5) is 12.1. The van der Waals surface area contributed by atoms with Gasteiger partial charge in [-0.2, -0.15) is 5.26 Å². The van der Waals surface area contributed by atoms with Crippen LogP contribution in [-0.4, -0.2) is 13.1 Å². The minimum atomic E-state index is -0.754. The number of esters is 1. The van der Waals surface area contributed by atoms with Crippen molar-refractivity contribution in [3.63, 3.8) is 0 Å². The molecule has 2 aromatic rings. The van der Waals surface area contributed by atoms with Crippen molar-refractivity contribution < 1.29 is 14.3 Å². The first kappa shape index (κ1) is 15.6. The number of nitrogens with zero attached hydrogens (tertiary/aromatic N) is 1. The third-order valence-electron chi connectivity index (χ3n) is 2.79. The average Bonchev–Trinajstić information content (AvgIpc) is 2.52. The molecule has 22 heavy (non-hydrogen) atoms. The molecule has 0 bridgehead atoms. The monoisotopic (exact) mass is 313 g/mol. The van der Waals surface area contributed by atoms with Crippen molar-refractivity contribution in [2.24, 2.45) is 0 Å². The predicted molar refractivity (Wildman–Crippen MR) is 83.7 cm³/mol. The van der Waals surface area contributed by atoms with Crippen LogP contribution < -0.4 is 9.47 Å². The standard InChI is InChI=1S/C17H12ClNO3/c1-21-16-8-3-2-5-12(16)9-13(11-19)17(20)22-15-7-4-6-14(18)10-15/h2-10H,1H3/b13-9+. The quantitative estimate of drug-likeness (QED) is 0.372. The van der Waals surface area contributed by atoms with Gasteiger partial charge in [0.2, 0.25) is 0 Å². The highest BCUT2D eigenvalue weighted by Crippen LogP contribution is 2.22. The summed E-state index contributed by atoms with van der Waals surface area (Å²) in [6, 6.07) is 15.3. The second kappa shape index (κ2) is 7.30. The number of halogens is 1. The lowest BCUT2D eigenvalue weighted by Gasteiger charge is -2.06. The van der Waals surface area contributed by atoms with Gasteiger partial charge in [0.15, 0.2) is 0 Å². The molecule has 0 saturated carbocycles. The van der Waals surface area contributed by atoms with E-state index in [0.29, 0.717) is 16.3 Å². The fourth-order valence-electron chi connectivity index (χ4n) is 1.77. The largest absolute Gasteiger partial charge is 0.496 e. The highest BCUT2D eigenvalue weighted by molar-refractivity contribution is 6.30. The fraction of sp³-hybridized carbons (Fsp3) is 0.0588. The predicted octanol–water partition coefficient (Wildman–Crippen LogP) is 3.86. The van der Waals surface area contributed by atoms with Crippen LogP contribution in [0.15, 0.2) is 54.1 Å². The Morgan fingerprint density at radius 1 is 1.23 bits per heavy atom. The Balaban J connectivity index is 2.26. The van der Waals surface area contributed by atoms with E-state index in [1.165, 1.54) is 19.3 Å². The molecule has 0 aliphatic rings. The second-order valence-electron chi connectivity index (χ2n) is 4.26. The molecule has 110 valence electrons. The molecule has 2 aromatic carbocycles. The lowest BCUT2D eigenvalue weighted by atomic mass is 10.1. The molecule has 0 aromatic heterocycles. The number of carbonyl (C=O) groups excluding carboxylic acids is 1. The van der Waals surface area contributed by atoms with E-state index in [0.717, 1.165) is 0 Å². The number of ether oxygens (including phenoxy) is 2. The van der Waals surface area contributed by atoms with Crippen molar-refractivity contribution in [1.82, 2.24) is 0 Å². The lowest BCUT2D eigenvalue weighted by molar-refractivity contribution is -0.129. The van der Waals surface area contributed by atoms with Crippen LogP contribution in [0.5, 0.6) is 11.5 Å². The van der Waals surface area contributed by atoms with Crippen molar-refractivity contribution >= 4 is 23.6 Å². The van der Waals surface area contributed by atoms with Crippen molar-refractivity contribution in [2.75, 3.05) is 7.11 Å². The van der Waals surface area contributed by atoms with Crippen LogP contribution in [0.25, 0.3) is 6.08 Å². The van der Waals surface area contributed by atoms with Crippen molar-refractivity contribution in [2.45, 2.75) is 0 Å². The van der Waals surface area contributed by atoms with Gasteiger partial charge < -0.3 is 9.47 Å². The molecular formula is C17H12ClNO3. The summed E-state index contributed by atoms with van der Waals surface area (Å²) in [6.07, 6.45) is 1.42. The molecule has 5 heteroatoms. The Hall–Kier alpha value is -2.77. The smallest absolute Gasteiger partial charge is 0.354 e. The molecule has 0 amide bonds. The topological polar surface area (TPSA) is 59.3 Å². The number of hydrogen-bond donors (Lipinski definition) is 0. The maximum absolute atomic E-state index is 12.1. The van der Waals surface area contributed by atoms with Crippen molar-refractivity contribution in [1.29, 1.82) is 5.26 Å². The van der Waals surface area contributed by atoms with Gasteiger partial charge in [-0.25, -0.2) is 4.79 Å². The van der Waals surface area contributed by atoms with Gasteiger partial charge in [-0.3, -0.25) is 0 Å². The van der Waals surface area contributed by atoms with Gasteiger partial charge in [0, 0.05) is 10.6 Å². The number of rotatable bonds is 4. The highest BCUT2D eigenvalue weighted by Gasteiger charge is 2.13. The third-order valence-corrected chi connectivity index (χ3v) is 3.02. The summed E-state index contributed by atoms with van der Waals surface area (Å²) in [5.74, 6) is 0.0835. The van der Waals surface area contributed by atoms with E-state index in [1.54, 1.807) is 42.5 Å². The Kier molecular flexibility index (Phi) is 5.18. The molecule has 4 nitrogen and oxygen atoms in total. The maximum atomic E-state index is 12.1. The van der Waals surface area contributed by atoms with Crippen molar-refractivity contribution in [3.05, 3.63) is 64.7 Å². The minimum absolute atomic E-state index is 0.135. The zero-order valence-electron chi connectivity index (χ0n) is 11.7. The van der Waals surface area contributed by atoms with E-state index in [4.69, 9.17) is 26.3 Å². The summed E-state index contributed by atoms with van der Waals surface area (Å²) >= 11 is 5.82. The Labute approximate surface area is 133 Å². The van der Waals surface area contributed by atoms with Gasteiger partial charge >= 0.3 is 5.97 Å². The fourth-order valence-corrected chi connectivity index (χ4v) is 1.95. The van der Waals surface area contributed by atoms with Crippen LogP contribution in [0, 0.1) is 11.3 Å². The number of hydrogen-bond acceptors (Lipinski definition) is 4. The summed E-state index contributed by atoms with van der Waals surface area (Å²) in [5.41, 5.74) is 0.481. The first-order chi connectivity index (χ1) is 10.6. The third kappa shape index (κ3) is 3.87. The van der Waals surface area contributed by atoms with Gasteiger partial charge in [-0.05, 0) is 30.3 Å². The molecule has 0 saturated heterocycles. The summed E-state index contributed by atoms with van der Waals surface area (Å²) in [5, 5.41) is 9.61. The molecule has 0 unspecified atom stereocenters. The van der Waals surface area contributed by atoms with Gasteiger partial charge in [0.25, 0.3) is 0 Å². The molecule has 0 atom stereocenters. The average molecular weight is 314 g/mol. The first-order valence-electron chi connectivity index (χ1n) is 6.36.